The van der Waals surface area contributed by atoms with Gasteiger partial charge in [0.05, 0.1) is 6.19 Å². The van der Waals surface area contributed by atoms with E-state index in [-0.39, 0.29) is 5.04 Å². The molecule has 2 bridgehead atoms. The molecule has 4 aliphatic rings. The second-order valence-corrected chi connectivity index (χ2v) is 15.2. The molecule has 0 aromatic rings. The molecule has 5 heteroatoms. The fourth-order valence-corrected chi connectivity index (χ4v) is 7.53. The molecule has 0 N–H and O–H groups in total. The summed E-state index contributed by atoms with van der Waals surface area (Å²) >= 11 is 0. The van der Waals surface area contributed by atoms with E-state index in [4.69, 9.17) is 4.43 Å². The van der Waals surface area contributed by atoms with Gasteiger partial charge in [-0.25, -0.2) is 0 Å². The minimum Gasteiger partial charge on any atom is -0.415 e. The lowest BCUT2D eigenvalue weighted by Gasteiger charge is -2.40. The van der Waals surface area contributed by atoms with Crippen LogP contribution in [0.1, 0.15) is 46.5 Å². The average molecular weight is 359 g/mol. The molecule has 0 amide bonds. The Morgan fingerprint density at radius 3 is 2.80 bits per heavy atom. The van der Waals surface area contributed by atoms with Gasteiger partial charge in [-0.1, -0.05) is 39.3 Å². The van der Waals surface area contributed by atoms with Gasteiger partial charge in [0.25, 0.3) is 7.41 Å². The van der Waals surface area contributed by atoms with Crippen molar-refractivity contribution in [3.05, 3.63) is 12.2 Å². The molecule has 0 aromatic heterocycles. The summed E-state index contributed by atoms with van der Waals surface area (Å²) in [5, 5.41) is 0.239. The lowest BCUT2D eigenvalue weighted by molar-refractivity contribution is 0.142. The molecular formula is C20H34BNO2Si. The minimum atomic E-state index is -1.76. The number of hydrogen-bond donors (Lipinski definition) is 0. The van der Waals surface area contributed by atoms with Crippen LogP contribution in [0, 0.1) is 23.2 Å². The van der Waals surface area contributed by atoms with E-state index < -0.39 is 8.32 Å². The molecule has 1 heterocycles. The molecule has 0 aromatic carbocycles. The molecule has 3 fully saturated rings. The minimum absolute atomic E-state index is 0.239. The Labute approximate surface area is 155 Å². The van der Waals surface area contributed by atoms with Crippen molar-refractivity contribution in [2.24, 2.45) is 23.2 Å². The van der Waals surface area contributed by atoms with Crippen molar-refractivity contribution in [1.82, 2.24) is 4.81 Å². The summed E-state index contributed by atoms with van der Waals surface area (Å²) in [7, 11) is -1.17. The third-order valence-electron chi connectivity index (χ3n) is 8.54. The Balaban J connectivity index is 1.62. The van der Waals surface area contributed by atoms with Crippen molar-refractivity contribution in [2.75, 3.05) is 6.61 Å². The summed E-state index contributed by atoms with van der Waals surface area (Å²) in [5.74, 6) is 2.18. The topological polar surface area (TPSA) is 29.5 Å². The van der Waals surface area contributed by atoms with Crippen LogP contribution < -0.4 is 0 Å². The van der Waals surface area contributed by atoms with Crippen LogP contribution in [-0.2, 0) is 9.22 Å². The predicted molar refractivity (Wildman–Crippen MR) is 107 cm³/mol. The van der Waals surface area contributed by atoms with Crippen molar-refractivity contribution in [3.63, 3.8) is 0 Å². The number of allylic oxidation sites excluding steroid dienone is 2. The van der Waals surface area contributed by atoms with E-state index >= 15 is 0 Å². The molecule has 1 aliphatic heterocycles. The van der Waals surface area contributed by atoms with E-state index in [2.05, 4.69) is 50.8 Å². The highest BCUT2D eigenvalue weighted by atomic mass is 28.4. The van der Waals surface area contributed by atoms with Crippen LogP contribution in [0.3, 0.4) is 0 Å². The van der Waals surface area contributed by atoms with Crippen LogP contribution in [0.15, 0.2) is 12.2 Å². The molecule has 3 nitrogen and oxygen atoms in total. The summed E-state index contributed by atoms with van der Waals surface area (Å²) in [6, 6.07) is 1.04. The quantitative estimate of drug-likeness (QED) is 0.427. The number of nitrogens with zero attached hydrogens (tertiary/aromatic N) is 1. The van der Waals surface area contributed by atoms with Crippen molar-refractivity contribution in [1.29, 1.82) is 0 Å². The number of hydrogen-bond acceptors (Lipinski definition) is 3. The highest BCUT2D eigenvalue weighted by Crippen LogP contribution is 2.69. The van der Waals surface area contributed by atoms with Crippen LogP contribution in [0.2, 0.25) is 18.1 Å². The van der Waals surface area contributed by atoms with Crippen LogP contribution in [0.25, 0.3) is 0 Å². The Bertz CT molecular complexity index is 587. The van der Waals surface area contributed by atoms with Gasteiger partial charge in [-0.2, -0.15) is 0 Å². The van der Waals surface area contributed by atoms with E-state index in [0.717, 1.165) is 24.6 Å². The standard InChI is InChI=1S/C20H34BNO2Si/c1-19(2,3)25(4,5)24-12-16-18-14-8-9-15(11-14)20(18)10-6-7-17(20)22(16)21-13-23/h8-9,13-18,21H,6-7,10-12H2,1-5H3/t14?,15?,16-,17?,18?,20?/m1/s1. The first-order valence-electron chi connectivity index (χ1n) is 10.2. The van der Waals surface area contributed by atoms with Crippen molar-refractivity contribution in [2.45, 2.75) is 76.7 Å². The molecule has 138 valence electrons. The number of carbonyl (C=O) groups is 1. The Kier molecular flexibility index (Phi) is 4.18. The zero-order valence-corrected chi connectivity index (χ0v) is 17.6. The largest absolute Gasteiger partial charge is 0.415 e. The van der Waals surface area contributed by atoms with Gasteiger partial charge in [0.1, 0.15) is 0 Å². The molecule has 3 aliphatic carbocycles. The van der Waals surface area contributed by atoms with E-state index in [0.29, 0.717) is 30.8 Å². The lowest BCUT2D eigenvalue weighted by Crippen LogP contribution is -2.49. The van der Waals surface area contributed by atoms with Gasteiger partial charge in [-0.15, -0.1) is 0 Å². The number of carbonyl (C=O) groups excluding carboxylic acids is 1. The fraction of sp³-hybridized carbons (Fsp3) is 0.850. The maximum Gasteiger partial charge on any atom is 0.281 e. The molecular weight excluding hydrogens is 325 g/mol. The van der Waals surface area contributed by atoms with Crippen molar-refractivity contribution < 1.29 is 9.22 Å². The van der Waals surface area contributed by atoms with Crippen LogP contribution in [0.4, 0.5) is 0 Å². The first-order valence-corrected chi connectivity index (χ1v) is 13.1. The van der Waals surface area contributed by atoms with Gasteiger partial charge in [0.2, 0.25) is 0 Å². The Hall–Kier alpha value is -0.388. The van der Waals surface area contributed by atoms with Gasteiger partial charge in [-0.3, -0.25) is 0 Å². The SMILES string of the molecule is CC(C)(C)[Si](C)(C)OC[C@@H]1C2C3C=CC(C3)C23CCCC3N1BC=O. The molecule has 0 radical (unpaired) electrons. The summed E-state index contributed by atoms with van der Waals surface area (Å²) in [5.41, 5.74) is 0.448. The van der Waals surface area contributed by atoms with Gasteiger partial charge in [-0.05, 0) is 60.6 Å². The number of rotatable bonds is 5. The molecule has 1 saturated heterocycles. The van der Waals surface area contributed by atoms with E-state index in [1.807, 2.05) is 0 Å². The highest BCUT2D eigenvalue weighted by molar-refractivity contribution is 6.74. The van der Waals surface area contributed by atoms with Crippen molar-refractivity contribution >= 4 is 21.9 Å². The van der Waals surface area contributed by atoms with Gasteiger partial charge in [0.15, 0.2) is 8.32 Å². The van der Waals surface area contributed by atoms with E-state index in [1.165, 1.54) is 25.7 Å². The maximum atomic E-state index is 11.5. The zero-order chi connectivity index (χ0) is 18.0. The van der Waals surface area contributed by atoms with Gasteiger partial charge in [0, 0.05) is 18.7 Å². The fourth-order valence-electron chi connectivity index (χ4n) is 6.51. The zero-order valence-electron chi connectivity index (χ0n) is 16.6. The normalized spacial score (nSPS) is 42.7. The highest BCUT2D eigenvalue weighted by Gasteiger charge is 2.69. The first-order chi connectivity index (χ1) is 11.7. The third-order valence-corrected chi connectivity index (χ3v) is 13.0. The summed E-state index contributed by atoms with van der Waals surface area (Å²) < 4.78 is 6.69. The Morgan fingerprint density at radius 1 is 1.36 bits per heavy atom. The first kappa shape index (κ1) is 18.0. The average Bonchev–Trinajstić information content (AvgIpc) is 3.23. The smallest absolute Gasteiger partial charge is 0.281 e. The summed E-state index contributed by atoms with van der Waals surface area (Å²) in [6.45, 7) is 12.5. The van der Waals surface area contributed by atoms with Crippen molar-refractivity contribution in [3.8, 4) is 0 Å². The molecule has 5 unspecified atom stereocenters. The molecule has 6 atom stereocenters. The molecule has 2 saturated carbocycles. The predicted octanol–water partition coefficient (Wildman–Crippen LogP) is 3.60. The second-order valence-electron chi connectivity index (χ2n) is 10.4. The summed E-state index contributed by atoms with van der Waals surface area (Å²) in [4.78, 5) is 14.0. The molecule has 4 rings (SSSR count). The molecule has 25 heavy (non-hydrogen) atoms. The van der Waals surface area contributed by atoms with Crippen LogP contribution in [0.5, 0.6) is 0 Å². The maximum absolute atomic E-state index is 11.5. The van der Waals surface area contributed by atoms with E-state index in [9.17, 15) is 4.79 Å². The molecule has 1 spiro atoms. The second kappa shape index (κ2) is 5.80. The van der Waals surface area contributed by atoms with Crippen LogP contribution in [-0.4, -0.2) is 45.4 Å². The van der Waals surface area contributed by atoms with Gasteiger partial charge < -0.3 is 14.0 Å². The Morgan fingerprint density at radius 2 is 2.12 bits per heavy atom. The third kappa shape index (κ3) is 2.41. The number of fused-ring (bicyclic) bond motifs is 3. The summed E-state index contributed by atoms with van der Waals surface area (Å²) in [6.07, 6.45) is 11.4. The monoisotopic (exact) mass is 359 g/mol. The van der Waals surface area contributed by atoms with Gasteiger partial charge >= 0.3 is 0 Å². The van der Waals surface area contributed by atoms with Crippen LogP contribution >= 0.6 is 0 Å². The van der Waals surface area contributed by atoms with E-state index in [1.54, 1.807) is 0 Å². The lowest BCUT2D eigenvalue weighted by atomic mass is 9.66.